The van der Waals surface area contributed by atoms with Crippen LogP contribution in [0.5, 0.6) is 0 Å². The number of sulfone groups is 1. The second-order valence-corrected chi connectivity index (χ2v) is 6.96. The number of morpholine rings is 1. The first-order chi connectivity index (χ1) is 9.04. The van der Waals surface area contributed by atoms with Crippen LogP contribution >= 0.6 is 0 Å². The van der Waals surface area contributed by atoms with Crippen molar-refractivity contribution in [3.05, 3.63) is 24.3 Å². The molecule has 1 aromatic carbocycles. The minimum absolute atomic E-state index is 0.151. The Morgan fingerprint density at radius 2 is 1.84 bits per heavy atom. The van der Waals surface area contributed by atoms with Gasteiger partial charge in [-0.1, -0.05) is 0 Å². The smallest absolute Gasteiger partial charge is 0.149 e. The van der Waals surface area contributed by atoms with Gasteiger partial charge in [0.15, 0.2) is 0 Å². The van der Waals surface area contributed by atoms with Gasteiger partial charge in [-0.15, -0.1) is 0 Å². The molecule has 0 amide bonds. The average molecular weight is 284 g/mol. The first-order valence-corrected chi connectivity index (χ1v) is 8.45. The summed E-state index contributed by atoms with van der Waals surface area (Å²) in [6, 6.07) is 8.06. The van der Waals surface area contributed by atoms with Crippen LogP contribution in [-0.2, 0) is 14.6 Å². The highest BCUT2D eigenvalue weighted by Gasteiger charge is 2.10. The van der Waals surface area contributed by atoms with E-state index in [1.807, 2.05) is 24.3 Å². The Bertz CT molecular complexity index is 493. The largest absolute Gasteiger partial charge is 0.384 e. The van der Waals surface area contributed by atoms with E-state index in [4.69, 9.17) is 4.74 Å². The molecule has 0 saturated carbocycles. The van der Waals surface area contributed by atoms with Crippen LogP contribution < -0.4 is 10.2 Å². The first-order valence-electron chi connectivity index (χ1n) is 6.39. The van der Waals surface area contributed by atoms with Crippen molar-refractivity contribution in [3.8, 4) is 0 Å². The molecule has 6 heteroatoms. The van der Waals surface area contributed by atoms with E-state index in [0.717, 1.165) is 32.0 Å². The summed E-state index contributed by atoms with van der Waals surface area (Å²) in [5, 5.41) is 3.11. The molecule has 106 valence electrons. The predicted molar refractivity (Wildman–Crippen MR) is 77.7 cm³/mol. The van der Waals surface area contributed by atoms with Crippen molar-refractivity contribution in [2.45, 2.75) is 0 Å². The third kappa shape index (κ3) is 4.72. The summed E-state index contributed by atoms with van der Waals surface area (Å²) in [5.41, 5.74) is 2.12. The normalized spacial score (nSPS) is 16.4. The van der Waals surface area contributed by atoms with Gasteiger partial charge in [0.05, 0.1) is 19.0 Å². The van der Waals surface area contributed by atoms with Crippen LogP contribution in [0.15, 0.2) is 24.3 Å². The number of nitrogens with one attached hydrogen (secondary N) is 1. The molecule has 19 heavy (non-hydrogen) atoms. The van der Waals surface area contributed by atoms with E-state index in [0.29, 0.717) is 6.54 Å². The number of nitrogens with zero attached hydrogens (tertiary/aromatic N) is 1. The highest BCUT2D eigenvalue weighted by Crippen LogP contribution is 2.18. The molecule has 0 spiro atoms. The summed E-state index contributed by atoms with van der Waals surface area (Å²) >= 11 is 0. The fourth-order valence-corrected chi connectivity index (χ4v) is 2.47. The van der Waals surface area contributed by atoms with Crippen LogP contribution in [0.25, 0.3) is 0 Å². The summed E-state index contributed by atoms with van der Waals surface area (Å²) in [5.74, 6) is 0.151. The lowest BCUT2D eigenvalue weighted by Gasteiger charge is -2.28. The molecule has 0 bridgehead atoms. The number of hydrogen-bond donors (Lipinski definition) is 1. The van der Waals surface area contributed by atoms with Gasteiger partial charge in [0.2, 0.25) is 0 Å². The Morgan fingerprint density at radius 1 is 1.21 bits per heavy atom. The fraction of sp³-hybridized carbons (Fsp3) is 0.538. The molecular weight excluding hydrogens is 264 g/mol. The fourth-order valence-electron chi connectivity index (χ4n) is 1.99. The lowest BCUT2D eigenvalue weighted by atomic mass is 10.2. The molecule has 1 aromatic rings. The van der Waals surface area contributed by atoms with Gasteiger partial charge in [0.1, 0.15) is 9.84 Å². The van der Waals surface area contributed by atoms with Crippen LogP contribution in [0, 0.1) is 0 Å². The zero-order chi connectivity index (χ0) is 13.7. The quantitative estimate of drug-likeness (QED) is 0.873. The van der Waals surface area contributed by atoms with E-state index in [1.165, 1.54) is 11.9 Å². The number of hydrogen-bond acceptors (Lipinski definition) is 5. The van der Waals surface area contributed by atoms with Gasteiger partial charge in [-0.3, -0.25) is 0 Å². The third-order valence-electron chi connectivity index (χ3n) is 3.05. The maximum Gasteiger partial charge on any atom is 0.149 e. The Kier molecular flexibility index (Phi) is 4.66. The van der Waals surface area contributed by atoms with E-state index >= 15 is 0 Å². The second-order valence-electron chi connectivity index (χ2n) is 4.70. The Morgan fingerprint density at radius 3 is 2.42 bits per heavy atom. The molecule has 1 N–H and O–H groups in total. The molecule has 0 radical (unpaired) electrons. The zero-order valence-corrected chi connectivity index (χ0v) is 11.9. The highest BCUT2D eigenvalue weighted by atomic mass is 32.2. The third-order valence-corrected chi connectivity index (χ3v) is 3.99. The Balaban J connectivity index is 1.87. The molecule has 2 rings (SSSR count). The van der Waals surface area contributed by atoms with Crippen molar-refractivity contribution in [1.82, 2.24) is 0 Å². The average Bonchev–Trinajstić information content (AvgIpc) is 2.39. The molecule has 1 aliphatic heterocycles. The maximum absolute atomic E-state index is 11.0. The summed E-state index contributed by atoms with van der Waals surface area (Å²) in [6.45, 7) is 3.82. The van der Waals surface area contributed by atoms with Gasteiger partial charge < -0.3 is 15.0 Å². The van der Waals surface area contributed by atoms with Crippen LogP contribution in [-0.4, -0.2) is 53.3 Å². The molecule has 0 atom stereocenters. The van der Waals surface area contributed by atoms with E-state index in [-0.39, 0.29) is 5.75 Å². The molecular formula is C13H20N2O3S. The Labute approximate surface area is 114 Å². The number of rotatable bonds is 5. The number of anilines is 2. The summed E-state index contributed by atoms with van der Waals surface area (Å²) in [4.78, 5) is 2.28. The van der Waals surface area contributed by atoms with Gasteiger partial charge in [-0.2, -0.15) is 0 Å². The van der Waals surface area contributed by atoms with E-state index in [2.05, 4.69) is 10.2 Å². The maximum atomic E-state index is 11.0. The van der Waals surface area contributed by atoms with Crippen molar-refractivity contribution in [1.29, 1.82) is 0 Å². The highest BCUT2D eigenvalue weighted by molar-refractivity contribution is 7.90. The molecule has 5 nitrogen and oxygen atoms in total. The van der Waals surface area contributed by atoms with Crippen molar-refractivity contribution in [2.75, 3.05) is 55.1 Å². The monoisotopic (exact) mass is 284 g/mol. The molecule has 1 fully saturated rings. The predicted octanol–water partition coefficient (Wildman–Crippen LogP) is 0.980. The number of benzene rings is 1. The second kappa shape index (κ2) is 6.25. The van der Waals surface area contributed by atoms with Gasteiger partial charge in [-0.25, -0.2) is 8.42 Å². The van der Waals surface area contributed by atoms with Gasteiger partial charge >= 0.3 is 0 Å². The molecule has 0 unspecified atom stereocenters. The van der Waals surface area contributed by atoms with Crippen molar-refractivity contribution in [3.63, 3.8) is 0 Å². The standard InChI is InChI=1S/C13H20N2O3S/c1-19(16,17)11-6-14-12-2-4-13(5-3-12)15-7-9-18-10-8-15/h2-5,14H,6-11H2,1H3. The summed E-state index contributed by atoms with van der Waals surface area (Å²) in [6.07, 6.45) is 1.25. The summed E-state index contributed by atoms with van der Waals surface area (Å²) in [7, 11) is -2.90. The van der Waals surface area contributed by atoms with E-state index in [1.54, 1.807) is 0 Å². The topological polar surface area (TPSA) is 58.6 Å². The van der Waals surface area contributed by atoms with Crippen molar-refractivity contribution >= 4 is 21.2 Å². The lowest BCUT2D eigenvalue weighted by molar-refractivity contribution is 0.122. The number of ether oxygens (including phenoxy) is 1. The minimum atomic E-state index is -2.90. The van der Waals surface area contributed by atoms with Crippen LogP contribution in [0.4, 0.5) is 11.4 Å². The van der Waals surface area contributed by atoms with Crippen LogP contribution in [0.2, 0.25) is 0 Å². The molecule has 1 aliphatic rings. The van der Waals surface area contributed by atoms with Crippen molar-refractivity contribution in [2.24, 2.45) is 0 Å². The van der Waals surface area contributed by atoms with Crippen LogP contribution in [0.1, 0.15) is 0 Å². The lowest BCUT2D eigenvalue weighted by Crippen LogP contribution is -2.36. The van der Waals surface area contributed by atoms with E-state index < -0.39 is 9.84 Å². The minimum Gasteiger partial charge on any atom is -0.384 e. The summed E-state index contributed by atoms with van der Waals surface area (Å²) < 4.78 is 27.4. The Hall–Kier alpha value is -1.27. The van der Waals surface area contributed by atoms with Crippen molar-refractivity contribution < 1.29 is 13.2 Å². The van der Waals surface area contributed by atoms with Crippen LogP contribution in [0.3, 0.4) is 0 Å². The first kappa shape index (κ1) is 14.1. The molecule has 0 aliphatic carbocycles. The SMILES string of the molecule is CS(=O)(=O)CCNc1ccc(N2CCOCC2)cc1. The van der Waals surface area contributed by atoms with Gasteiger partial charge in [0.25, 0.3) is 0 Å². The molecule has 1 saturated heterocycles. The van der Waals surface area contributed by atoms with Gasteiger partial charge in [0, 0.05) is 37.3 Å². The molecule has 0 aromatic heterocycles. The molecule has 1 heterocycles. The van der Waals surface area contributed by atoms with E-state index in [9.17, 15) is 8.42 Å². The van der Waals surface area contributed by atoms with Gasteiger partial charge in [-0.05, 0) is 24.3 Å². The zero-order valence-electron chi connectivity index (χ0n) is 11.1.